The second-order valence-electron chi connectivity index (χ2n) is 6.40. The number of nitrogen functional groups attached to an aromatic ring is 1. The van der Waals surface area contributed by atoms with Gasteiger partial charge >= 0.3 is 0 Å². The summed E-state index contributed by atoms with van der Waals surface area (Å²) in [5.74, 6) is 0.321. The van der Waals surface area contributed by atoms with Crippen LogP contribution in [0.5, 0.6) is 0 Å². The van der Waals surface area contributed by atoms with Gasteiger partial charge in [-0.05, 0) is 36.0 Å². The van der Waals surface area contributed by atoms with E-state index in [4.69, 9.17) is 5.73 Å². The zero-order valence-corrected chi connectivity index (χ0v) is 12.7. The van der Waals surface area contributed by atoms with Gasteiger partial charge in [-0.25, -0.2) is 0 Å². The Morgan fingerprint density at radius 1 is 1.32 bits per heavy atom. The first-order chi connectivity index (χ1) is 8.71. The van der Waals surface area contributed by atoms with Crippen molar-refractivity contribution in [3.05, 3.63) is 29.8 Å². The second-order valence-corrected chi connectivity index (χ2v) is 6.40. The van der Waals surface area contributed by atoms with E-state index in [0.717, 1.165) is 5.56 Å². The molecule has 1 rings (SSSR count). The van der Waals surface area contributed by atoms with Crippen LogP contribution in [0.3, 0.4) is 0 Å². The van der Waals surface area contributed by atoms with Gasteiger partial charge in [-0.15, -0.1) is 0 Å². The van der Waals surface area contributed by atoms with E-state index in [1.165, 1.54) is 0 Å². The van der Waals surface area contributed by atoms with Gasteiger partial charge in [0, 0.05) is 12.2 Å². The molecule has 0 aliphatic carbocycles. The highest BCUT2D eigenvalue weighted by Gasteiger charge is 2.22. The Morgan fingerprint density at radius 2 is 1.95 bits per heavy atom. The number of anilines is 1. The van der Waals surface area contributed by atoms with Gasteiger partial charge in [-0.2, -0.15) is 0 Å². The second kappa shape index (κ2) is 6.09. The van der Waals surface area contributed by atoms with Gasteiger partial charge in [0.1, 0.15) is 0 Å². The van der Waals surface area contributed by atoms with Crippen LogP contribution in [0, 0.1) is 11.3 Å². The first-order valence-electron chi connectivity index (χ1n) is 6.85. The zero-order chi connectivity index (χ0) is 14.6. The predicted octanol–water partition coefficient (Wildman–Crippen LogP) is 3.17. The normalized spacial score (nSPS) is 14.8. The number of carbonyl (C=O) groups excluding carboxylic acids is 1. The van der Waals surface area contributed by atoms with Crippen LogP contribution in [0.1, 0.15) is 46.1 Å². The molecule has 0 bridgehead atoms. The first kappa shape index (κ1) is 15.5. The molecular formula is C16H26N2O. The third-order valence-corrected chi connectivity index (χ3v) is 3.86. The number of amides is 1. The molecule has 19 heavy (non-hydrogen) atoms. The average molecular weight is 262 g/mol. The lowest BCUT2D eigenvalue weighted by Crippen LogP contribution is -2.35. The van der Waals surface area contributed by atoms with E-state index in [1.807, 2.05) is 31.2 Å². The molecule has 0 heterocycles. The maximum atomic E-state index is 12.1. The van der Waals surface area contributed by atoms with Crippen molar-refractivity contribution in [1.82, 2.24) is 5.32 Å². The SMILES string of the molecule is CC(C(=O)NCC(C)C(C)(C)C)c1cccc(N)c1. The van der Waals surface area contributed by atoms with Crippen molar-refractivity contribution in [2.24, 2.45) is 11.3 Å². The zero-order valence-electron chi connectivity index (χ0n) is 12.7. The van der Waals surface area contributed by atoms with E-state index in [2.05, 4.69) is 33.0 Å². The Balaban J connectivity index is 2.59. The van der Waals surface area contributed by atoms with Crippen molar-refractivity contribution >= 4 is 11.6 Å². The fraction of sp³-hybridized carbons (Fsp3) is 0.562. The number of nitrogens with two attached hydrogens (primary N) is 1. The smallest absolute Gasteiger partial charge is 0.227 e. The number of rotatable bonds is 4. The molecule has 0 spiro atoms. The molecule has 1 aromatic carbocycles. The summed E-state index contributed by atoms with van der Waals surface area (Å²) < 4.78 is 0. The van der Waals surface area contributed by atoms with Crippen LogP contribution in [-0.2, 0) is 4.79 Å². The molecule has 3 N–H and O–H groups in total. The Bertz CT molecular complexity index is 435. The van der Waals surface area contributed by atoms with E-state index < -0.39 is 0 Å². The highest BCUT2D eigenvalue weighted by Crippen LogP contribution is 2.25. The molecule has 2 atom stereocenters. The molecule has 2 unspecified atom stereocenters. The van der Waals surface area contributed by atoms with Crippen LogP contribution in [0.4, 0.5) is 5.69 Å². The van der Waals surface area contributed by atoms with Crippen molar-refractivity contribution in [2.45, 2.75) is 40.5 Å². The van der Waals surface area contributed by atoms with Gasteiger partial charge in [-0.1, -0.05) is 39.8 Å². The van der Waals surface area contributed by atoms with Crippen molar-refractivity contribution in [2.75, 3.05) is 12.3 Å². The number of hydrogen-bond donors (Lipinski definition) is 2. The summed E-state index contributed by atoms with van der Waals surface area (Å²) in [6.45, 7) is 11.3. The monoisotopic (exact) mass is 262 g/mol. The lowest BCUT2D eigenvalue weighted by Gasteiger charge is -2.27. The molecule has 0 saturated carbocycles. The fourth-order valence-corrected chi connectivity index (χ4v) is 1.69. The maximum Gasteiger partial charge on any atom is 0.227 e. The summed E-state index contributed by atoms with van der Waals surface area (Å²) in [5.41, 5.74) is 7.60. The van der Waals surface area contributed by atoms with Crippen LogP contribution >= 0.6 is 0 Å². The van der Waals surface area contributed by atoms with Gasteiger partial charge in [0.25, 0.3) is 0 Å². The fourth-order valence-electron chi connectivity index (χ4n) is 1.69. The summed E-state index contributed by atoms with van der Waals surface area (Å²) in [5, 5.41) is 3.03. The molecule has 0 aromatic heterocycles. The van der Waals surface area contributed by atoms with E-state index in [1.54, 1.807) is 0 Å². The largest absolute Gasteiger partial charge is 0.399 e. The first-order valence-corrected chi connectivity index (χ1v) is 6.85. The van der Waals surface area contributed by atoms with E-state index >= 15 is 0 Å². The van der Waals surface area contributed by atoms with Crippen molar-refractivity contribution in [3.63, 3.8) is 0 Å². The highest BCUT2D eigenvalue weighted by molar-refractivity contribution is 5.83. The van der Waals surface area contributed by atoms with Crippen molar-refractivity contribution in [3.8, 4) is 0 Å². The Hall–Kier alpha value is -1.51. The third kappa shape index (κ3) is 4.58. The van der Waals surface area contributed by atoms with Crippen LogP contribution in [0.2, 0.25) is 0 Å². The lowest BCUT2D eigenvalue weighted by atomic mass is 9.82. The van der Waals surface area contributed by atoms with Crippen LogP contribution in [0.25, 0.3) is 0 Å². The van der Waals surface area contributed by atoms with E-state index in [9.17, 15) is 4.79 Å². The number of carbonyl (C=O) groups is 1. The third-order valence-electron chi connectivity index (χ3n) is 3.86. The van der Waals surface area contributed by atoms with Gasteiger partial charge in [-0.3, -0.25) is 4.79 Å². The summed E-state index contributed by atoms with van der Waals surface area (Å²) in [6, 6.07) is 7.51. The van der Waals surface area contributed by atoms with Crippen LogP contribution < -0.4 is 11.1 Å². The average Bonchev–Trinajstić information content (AvgIpc) is 2.33. The van der Waals surface area contributed by atoms with Gasteiger partial charge in [0.15, 0.2) is 0 Å². The van der Waals surface area contributed by atoms with Gasteiger partial charge in [0.05, 0.1) is 5.92 Å². The Morgan fingerprint density at radius 3 is 2.47 bits per heavy atom. The minimum Gasteiger partial charge on any atom is -0.399 e. The molecule has 3 nitrogen and oxygen atoms in total. The molecule has 3 heteroatoms. The Kier molecular flexibility index (Phi) is 4.98. The Labute approximate surface area is 116 Å². The molecule has 0 aliphatic rings. The van der Waals surface area contributed by atoms with E-state index in [-0.39, 0.29) is 17.2 Å². The van der Waals surface area contributed by atoms with Crippen molar-refractivity contribution in [1.29, 1.82) is 0 Å². The molecule has 106 valence electrons. The van der Waals surface area contributed by atoms with Gasteiger partial charge < -0.3 is 11.1 Å². The molecular weight excluding hydrogens is 236 g/mol. The van der Waals surface area contributed by atoms with Gasteiger partial charge in [0.2, 0.25) is 5.91 Å². The quantitative estimate of drug-likeness (QED) is 0.819. The molecule has 0 saturated heterocycles. The van der Waals surface area contributed by atoms with Crippen molar-refractivity contribution < 1.29 is 4.79 Å². The molecule has 0 radical (unpaired) electrons. The molecule has 0 aliphatic heterocycles. The molecule has 1 aromatic rings. The minimum absolute atomic E-state index is 0.0571. The minimum atomic E-state index is -0.171. The number of hydrogen-bond acceptors (Lipinski definition) is 2. The van der Waals surface area contributed by atoms with Crippen LogP contribution in [-0.4, -0.2) is 12.5 Å². The molecule has 0 fully saturated rings. The summed E-state index contributed by atoms with van der Waals surface area (Å²) in [6.07, 6.45) is 0. The lowest BCUT2D eigenvalue weighted by molar-refractivity contribution is -0.122. The highest BCUT2D eigenvalue weighted by atomic mass is 16.1. The topological polar surface area (TPSA) is 55.1 Å². The van der Waals surface area contributed by atoms with Crippen LogP contribution in [0.15, 0.2) is 24.3 Å². The summed E-state index contributed by atoms with van der Waals surface area (Å²) in [4.78, 5) is 12.1. The number of nitrogens with one attached hydrogen (secondary N) is 1. The molecule has 1 amide bonds. The standard InChI is InChI=1S/C16H26N2O/c1-11(16(3,4)5)10-18-15(19)12(2)13-7-6-8-14(17)9-13/h6-9,11-12H,10,17H2,1-5H3,(H,18,19). The maximum absolute atomic E-state index is 12.1. The summed E-state index contributed by atoms with van der Waals surface area (Å²) in [7, 11) is 0. The number of benzene rings is 1. The predicted molar refractivity (Wildman–Crippen MR) is 80.9 cm³/mol. The van der Waals surface area contributed by atoms with E-state index in [0.29, 0.717) is 18.2 Å². The summed E-state index contributed by atoms with van der Waals surface area (Å²) >= 11 is 0.